The van der Waals surface area contributed by atoms with E-state index in [4.69, 9.17) is 0 Å². The normalized spacial score (nSPS) is 30.2. The number of hydrogen-bond donors (Lipinski definition) is 0. The van der Waals surface area contributed by atoms with Crippen LogP contribution in [0.3, 0.4) is 0 Å². The SMILES string of the molecule is C[C@H]1C2c3ccccc3C[N+]1(CC1=CCCCC1)Cc1ccccc12. The molecule has 2 aliphatic heterocycles. The molecule has 0 fully saturated rings. The average Bonchev–Trinajstić information content (AvgIpc) is 2.63. The molecule has 2 aromatic carbocycles. The summed E-state index contributed by atoms with van der Waals surface area (Å²) in [5.41, 5.74) is 8.03. The smallest absolute Gasteiger partial charge is 0.105 e. The van der Waals surface area contributed by atoms with Gasteiger partial charge in [0.05, 0.1) is 12.0 Å². The van der Waals surface area contributed by atoms with E-state index in [9.17, 15) is 0 Å². The second kappa shape index (κ2) is 5.85. The number of nitrogens with zero attached hydrogens (tertiary/aromatic N) is 1. The fourth-order valence-corrected chi connectivity index (χ4v) is 5.70. The summed E-state index contributed by atoms with van der Waals surface area (Å²) in [6.07, 6.45) is 7.93. The number of rotatable bonds is 2. The zero-order chi connectivity index (χ0) is 16.9. The summed E-state index contributed by atoms with van der Waals surface area (Å²) >= 11 is 0. The number of benzene rings is 2. The molecular formula is C24H28N+. The fourth-order valence-electron chi connectivity index (χ4n) is 5.70. The molecule has 2 aromatic rings. The van der Waals surface area contributed by atoms with Crippen LogP contribution < -0.4 is 0 Å². The van der Waals surface area contributed by atoms with E-state index in [2.05, 4.69) is 61.5 Å². The molecule has 1 aliphatic carbocycles. The molecule has 3 aliphatic rings. The van der Waals surface area contributed by atoms with Gasteiger partial charge in [-0.3, -0.25) is 0 Å². The molecule has 0 saturated heterocycles. The van der Waals surface area contributed by atoms with Gasteiger partial charge in [0.1, 0.15) is 19.6 Å². The minimum Gasteiger partial charge on any atom is -0.310 e. The van der Waals surface area contributed by atoms with Gasteiger partial charge in [0.25, 0.3) is 0 Å². The molecule has 25 heavy (non-hydrogen) atoms. The first-order valence-corrected chi connectivity index (χ1v) is 9.96. The predicted octanol–water partition coefficient (Wildman–Crippen LogP) is 5.55. The summed E-state index contributed by atoms with van der Waals surface area (Å²) in [5, 5.41) is 0. The Bertz CT molecular complexity index is 782. The zero-order valence-corrected chi connectivity index (χ0v) is 15.2. The van der Waals surface area contributed by atoms with Crippen LogP contribution in [0.4, 0.5) is 0 Å². The van der Waals surface area contributed by atoms with Gasteiger partial charge in [0.2, 0.25) is 0 Å². The molecule has 0 N–H and O–H groups in total. The van der Waals surface area contributed by atoms with Crippen molar-refractivity contribution in [3.63, 3.8) is 0 Å². The highest BCUT2D eigenvalue weighted by Crippen LogP contribution is 2.48. The van der Waals surface area contributed by atoms with Gasteiger partial charge in [-0.1, -0.05) is 54.6 Å². The lowest BCUT2D eigenvalue weighted by atomic mass is 9.72. The van der Waals surface area contributed by atoms with Crippen LogP contribution in [0, 0.1) is 0 Å². The summed E-state index contributed by atoms with van der Waals surface area (Å²) in [5.74, 6) is 0.555. The third-order valence-corrected chi connectivity index (χ3v) is 7.00. The number of hydrogen-bond acceptors (Lipinski definition) is 0. The lowest BCUT2D eigenvalue weighted by molar-refractivity contribution is -0.975. The molecule has 1 nitrogen and oxygen atoms in total. The average molecular weight is 330 g/mol. The largest absolute Gasteiger partial charge is 0.310 e. The third kappa shape index (κ3) is 2.40. The molecule has 0 unspecified atom stereocenters. The maximum atomic E-state index is 2.55. The van der Waals surface area contributed by atoms with Gasteiger partial charge in [0.15, 0.2) is 0 Å². The van der Waals surface area contributed by atoms with E-state index in [1.165, 1.54) is 49.8 Å². The molecule has 0 amide bonds. The van der Waals surface area contributed by atoms with Crippen LogP contribution >= 0.6 is 0 Å². The van der Waals surface area contributed by atoms with Gasteiger partial charge in [-0.25, -0.2) is 0 Å². The van der Waals surface area contributed by atoms with Gasteiger partial charge in [-0.05, 0) is 49.3 Å². The van der Waals surface area contributed by atoms with Gasteiger partial charge in [-0.15, -0.1) is 0 Å². The molecule has 0 spiro atoms. The first-order valence-electron chi connectivity index (χ1n) is 9.96. The van der Waals surface area contributed by atoms with E-state index >= 15 is 0 Å². The first-order chi connectivity index (χ1) is 12.3. The molecule has 0 aromatic heterocycles. The monoisotopic (exact) mass is 330 g/mol. The van der Waals surface area contributed by atoms with Crippen molar-refractivity contribution in [3.05, 3.63) is 82.4 Å². The van der Waals surface area contributed by atoms with E-state index in [1.807, 2.05) is 0 Å². The van der Waals surface area contributed by atoms with Crippen molar-refractivity contribution < 1.29 is 4.48 Å². The quantitative estimate of drug-likeness (QED) is 0.500. The molecule has 0 saturated carbocycles. The summed E-state index contributed by atoms with van der Waals surface area (Å²) in [6, 6.07) is 19.1. The highest BCUT2D eigenvalue weighted by atomic mass is 15.4. The van der Waals surface area contributed by atoms with Crippen LogP contribution in [0.25, 0.3) is 0 Å². The Balaban J connectivity index is 1.65. The van der Waals surface area contributed by atoms with E-state index < -0.39 is 0 Å². The zero-order valence-electron chi connectivity index (χ0n) is 15.2. The van der Waals surface area contributed by atoms with Gasteiger partial charge >= 0.3 is 0 Å². The van der Waals surface area contributed by atoms with Gasteiger partial charge in [-0.2, -0.15) is 0 Å². The van der Waals surface area contributed by atoms with Crippen LogP contribution in [-0.2, 0) is 13.1 Å². The maximum Gasteiger partial charge on any atom is 0.105 e. The van der Waals surface area contributed by atoms with Crippen LogP contribution in [0.5, 0.6) is 0 Å². The summed E-state index contributed by atoms with van der Waals surface area (Å²) in [4.78, 5) is 0. The lowest BCUT2D eigenvalue weighted by Crippen LogP contribution is -2.61. The molecule has 1 heteroatoms. The Labute approximate surface area is 151 Å². The Kier molecular flexibility index (Phi) is 3.60. The standard InChI is InChI=1S/C24H28N/c1-18-24-22-13-7-5-11-20(22)16-25(18,15-19-9-3-2-4-10-19)17-21-12-6-8-14-23(21)24/h5-9,11-14,18,24H,2-4,10,15-17H2,1H3/q+1/t18-,24?,25?/m0/s1. The second-order valence-corrected chi connectivity index (χ2v) is 8.42. The van der Waals surface area contributed by atoms with Crippen molar-refractivity contribution >= 4 is 0 Å². The van der Waals surface area contributed by atoms with Crippen LogP contribution in [0.2, 0.25) is 0 Å². The Morgan fingerprint density at radius 3 is 2.12 bits per heavy atom. The van der Waals surface area contributed by atoms with Gasteiger partial charge < -0.3 is 4.48 Å². The minimum atomic E-state index is 0.555. The maximum absolute atomic E-state index is 2.55. The molecular weight excluding hydrogens is 302 g/mol. The summed E-state index contributed by atoms with van der Waals surface area (Å²) in [7, 11) is 0. The molecule has 2 bridgehead atoms. The second-order valence-electron chi connectivity index (χ2n) is 8.42. The lowest BCUT2D eigenvalue weighted by Gasteiger charge is -2.54. The molecule has 128 valence electrons. The van der Waals surface area contributed by atoms with Crippen LogP contribution in [0.15, 0.2) is 60.2 Å². The summed E-state index contributed by atoms with van der Waals surface area (Å²) < 4.78 is 1.23. The van der Waals surface area contributed by atoms with Gasteiger partial charge in [0, 0.05) is 11.1 Å². The van der Waals surface area contributed by atoms with Crippen molar-refractivity contribution in [3.8, 4) is 0 Å². The predicted molar refractivity (Wildman–Crippen MR) is 103 cm³/mol. The van der Waals surface area contributed by atoms with Crippen molar-refractivity contribution in [2.75, 3.05) is 6.54 Å². The van der Waals surface area contributed by atoms with E-state index in [-0.39, 0.29) is 0 Å². The Hall–Kier alpha value is -1.86. The number of quaternary nitrogens is 1. The van der Waals surface area contributed by atoms with E-state index in [0.29, 0.717) is 12.0 Å². The highest BCUT2D eigenvalue weighted by Gasteiger charge is 2.49. The van der Waals surface area contributed by atoms with Crippen molar-refractivity contribution in [1.29, 1.82) is 0 Å². The number of fused-ring (bicyclic) bond motifs is 6. The molecule has 2 heterocycles. The minimum absolute atomic E-state index is 0.555. The highest BCUT2D eigenvalue weighted by molar-refractivity contribution is 5.45. The fraction of sp³-hybridized carbons (Fsp3) is 0.417. The van der Waals surface area contributed by atoms with Crippen molar-refractivity contribution in [1.82, 2.24) is 0 Å². The topological polar surface area (TPSA) is 0 Å². The van der Waals surface area contributed by atoms with Crippen molar-refractivity contribution in [2.45, 2.75) is 57.7 Å². The Morgan fingerprint density at radius 1 is 0.880 bits per heavy atom. The molecule has 0 radical (unpaired) electrons. The van der Waals surface area contributed by atoms with E-state index in [1.54, 1.807) is 27.8 Å². The van der Waals surface area contributed by atoms with Crippen LogP contribution in [-0.4, -0.2) is 17.1 Å². The molecule has 1 atom stereocenters. The van der Waals surface area contributed by atoms with Crippen molar-refractivity contribution in [2.24, 2.45) is 0 Å². The third-order valence-electron chi connectivity index (χ3n) is 7.00. The summed E-state index contributed by atoms with van der Waals surface area (Å²) in [6.45, 7) is 6.15. The number of allylic oxidation sites excluding steroid dienone is 1. The first kappa shape index (κ1) is 15.4. The van der Waals surface area contributed by atoms with E-state index in [0.717, 1.165) is 0 Å². The Morgan fingerprint density at radius 2 is 1.52 bits per heavy atom. The van der Waals surface area contributed by atoms with Crippen LogP contribution in [0.1, 0.15) is 60.8 Å². The molecule has 5 rings (SSSR count).